The average molecular weight is 565 g/mol. The van der Waals surface area contributed by atoms with Gasteiger partial charge < -0.3 is 4.74 Å². The zero-order chi connectivity index (χ0) is 29.5. The molecule has 0 saturated carbocycles. The second kappa shape index (κ2) is 43.2. The zero-order valence-electron chi connectivity index (χ0n) is 28.7. The Bertz CT molecular complexity index is 370. The fourth-order valence-corrected chi connectivity index (χ4v) is 5.61. The molecule has 0 aliphatic carbocycles. The van der Waals surface area contributed by atoms with Crippen molar-refractivity contribution < 1.29 is 4.74 Å². The van der Waals surface area contributed by atoms with Crippen molar-refractivity contribution in [3.8, 4) is 0 Å². The molecule has 0 heterocycles. The van der Waals surface area contributed by atoms with E-state index in [4.69, 9.17) is 4.74 Å². The van der Waals surface area contributed by atoms with Gasteiger partial charge in [0.15, 0.2) is 0 Å². The van der Waals surface area contributed by atoms with Crippen LogP contribution >= 0.6 is 0 Å². The van der Waals surface area contributed by atoms with Gasteiger partial charge in [-0.1, -0.05) is 213 Å². The fourth-order valence-electron chi connectivity index (χ4n) is 5.61. The maximum absolute atomic E-state index is 5.87. The number of rotatable bonds is 34. The molecule has 1 nitrogen and oxygen atoms in total. The lowest BCUT2D eigenvalue weighted by Gasteiger charge is -2.06. The molecule has 1 heteroatoms. The van der Waals surface area contributed by atoms with E-state index in [1.54, 1.807) is 6.08 Å². The Labute approximate surface area is 256 Å². The van der Waals surface area contributed by atoms with Gasteiger partial charge in [0.25, 0.3) is 0 Å². The molecule has 0 bridgehead atoms. The summed E-state index contributed by atoms with van der Waals surface area (Å²) in [5, 5.41) is 0. The van der Waals surface area contributed by atoms with Crippen molar-refractivity contribution in [3.63, 3.8) is 0 Å². The van der Waals surface area contributed by atoms with Crippen LogP contribution in [0.25, 0.3) is 0 Å². The Morgan fingerprint density at radius 2 is 0.475 bits per heavy atom. The van der Waals surface area contributed by atoms with E-state index in [0.29, 0.717) is 0 Å². The maximum atomic E-state index is 5.87. The number of hydrogen-bond donors (Lipinski definition) is 0. The molecule has 0 atom stereocenters. The Kier molecular flexibility index (Phi) is 45.1. The fraction of sp³-hybridized carbons (Fsp3) is 0.949. The third kappa shape index (κ3) is 44.7. The minimum atomic E-state index is 0.997. The van der Waals surface area contributed by atoms with Crippen LogP contribution in [-0.2, 0) is 4.74 Å². The number of ether oxygens (including phenoxy) is 1. The molecule has 0 aromatic heterocycles. The highest BCUT2D eigenvalue weighted by atomic mass is 16.5. The Balaban J connectivity index is 0. The van der Waals surface area contributed by atoms with Gasteiger partial charge in [0.05, 0.1) is 0 Å². The highest BCUT2D eigenvalue weighted by Crippen LogP contribution is 2.15. The molecule has 0 unspecified atom stereocenters. The van der Waals surface area contributed by atoms with E-state index in [-0.39, 0.29) is 0 Å². The van der Waals surface area contributed by atoms with E-state index >= 15 is 0 Å². The molecule has 0 saturated heterocycles. The van der Waals surface area contributed by atoms with Crippen LogP contribution in [0, 0.1) is 0 Å². The lowest BCUT2D eigenvalue weighted by molar-refractivity contribution is 0.125. The molecule has 0 aliphatic rings. The number of allylic oxidation sites excluding steroid dienone is 1. The summed E-state index contributed by atoms with van der Waals surface area (Å²) in [7, 11) is 0. The van der Waals surface area contributed by atoms with E-state index < -0.39 is 0 Å². The molecule has 0 spiro atoms. The van der Waals surface area contributed by atoms with E-state index in [1.165, 1.54) is 205 Å². The Morgan fingerprint density at radius 3 is 0.650 bits per heavy atom. The van der Waals surface area contributed by atoms with Gasteiger partial charge in [-0.15, -0.1) is 6.58 Å². The molecule has 0 aromatic rings. The number of unbranched alkanes of at least 4 members (excludes halogenated alkanes) is 30. The summed E-state index contributed by atoms with van der Waals surface area (Å²) >= 11 is 0. The molecule has 0 fully saturated rings. The normalized spacial score (nSPS) is 11.0. The van der Waals surface area contributed by atoms with Gasteiger partial charge in [0.1, 0.15) is 0 Å². The van der Waals surface area contributed by atoms with Crippen LogP contribution in [0.1, 0.15) is 226 Å². The van der Waals surface area contributed by atoms with Crippen LogP contribution in [0.2, 0.25) is 0 Å². The Hall–Kier alpha value is -0.300. The van der Waals surface area contributed by atoms with Gasteiger partial charge >= 0.3 is 0 Å². The Morgan fingerprint density at radius 1 is 0.325 bits per heavy atom. The second-order valence-electron chi connectivity index (χ2n) is 12.6. The van der Waals surface area contributed by atoms with Crippen LogP contribution < -0.4 is 0 Å². The molecular formula is C39H80O. The third-order valence-electron chi connectivity index (χ3n) is 8.28. The maximum Gasteiger partial charge on any atom is 0.0466 e. The summed E-state index contributed by atoms with van der Waals surface area (Å²) in [6.07, 6.45) is 47.8. The monoisotopic (exact) mass is 565 g/mol. The van der Waals surface area contributed by atoms with Gasteiger partial charge in [-0.3, -0.25) is 0 Å². The van der Waals surface area contributed by atoms with Crippen molar-refractivity contribution in [2.45, 2.75) is 226 Å². The summed E-state index contributed by atoms with van der Waals surface area (Å²) in [5.74, 6) is 0. The SMILES string of the molecule is C=CC.CCCCCCCCCCCCCCCCCCOCCCCCCCCCCCCCCCCCC. The van der Waals surface area contributed by atoms with Crippen LogP contribution in [0.4, 0.5) is 0 Å². The van der Waals surface area contributed by atoms with E-state index in [9.17, 15) is 0 Å². The van der Waals surface area contributed by atoms with E-state index in [2.05, 4.69) is 20.4 Å². The summed E-state index contributed by atoms with van der Waals surface area (Å²) in [4.78, 5) is 0. The highest BCUT2D eigenvalue weighted by molar-refractivity contribution is 4.52. The molecule has 0 N–H and O–H groups in total. The van der Waals surface area contributed by atoms with Crippen molar-refractivity contribution in [1.29, 1.82) is 0 Å². The van der Waals surface area contributed by atoms with Gasteiger partial charge in [0, 0.05) is 13.2 Å². The molecule has 0 rings (SSSR count). The lowest BCUT2D eigenvalue weighted by Crippen LogP contribution is -1.97. The predicted octanol–water partition coefficient (Wildman–Crippen LogP) is 14.7. The largest absolute Gasteiger partial charge is 0.381 e. The van der Waals surface area contributed by atoms with Gasteiger partial charge in [-0.25, -0.2) is 0 Å². The molecule has 0 aromatic carbocycles. The highest BCUT2D eigenvalue weighted by Gasteiger charge is 1.97. The van der Waals surface area contributed by atoms with Gasteiger partial charge in [-0.2, -0.15) is 0 Å². The van der Waals surface area contributed by atoms with Crippen LogP contribution in [0.3, 0.4) is 0 Å². The first kappa shape index (κ1) is 41.8. The second-order valence-corrected chi connectivity index (χ2v) is 12.6. The third-order valence-corrected chi connectivity index (χ3v) is 8.28. The predicted molar refractivity (Wildman–Crippen MR) is 186 cm³/mol. The van der Waals surface area contributed by atoms with Crippen LogP contribution in [0.5, 0.6) is 0 Å². The van der Waals surface area contributed by atoms with Crippen molar-refractivity contribution in [2.24, 2.45) is 0 Å². The number of hydrogen-bond acceptors (Lipinski definition) is 1. The van der Waals surface area contributed by atoms with E-state index in [1.807, 2.05) is 6.92 Å². The summed E-state index contributed by atoms with van der Waals surface area (Å²) in [6, 6.07) is 0. The molecule has 40 heavy (non-hydrogen) atoms. The lowest BCUT2D eigenvalue weighted by atomic mass is 10.0. The minimum absolute atomic E-state index is 0.997. The molecule has 0 amide bonds. The topological polar surface area (TPSA) is 9.23 Å². The van der Waals surface area contributed by atoms with Crippen molar-refractivity contribution in [1.82, 2.24) is 0 Å². The molecular weight excluding hydrogens is 484 g/mol. The molecule has 242 valence electrons. The zero-order valence-corrected chi connectivity index (χ0v) is 28.7. The van der Waals surface area contributed by atoms with Crippen molar-refractivity contribution >= 4 is 0 Å². The molecule has 0 radical (unpaired) electrons. The van der Waals surface area contributed by atoms with Crippen LogP contribution in [-0.4, -0.2) is 13.2 Å². The standard InChI is InChI=1S/C36H74O.C3H6/c1-3-5-7-9-11-13-15-17-19-21-23-25-27-29-31-33-35-37-36-34-32-30-28-26-24-22-20-18-16-14-12-10-8-6-4-2;1-3-2/h3-36H2,1-2H3;3H,1H2,2H3. The van der Waals surface area contributed by atoms with Crippen molar-refractivity contribution in [2.75, 3.05) is 13.2 Å². The first-order valence-corrected chi connectivity index (χ1v) is 19.0. The quantitative estimate of drug-likeness (QED) is 0.0558. The summed E-state index contributed by atoms with van der Waals surface area (Å²) < 4.78 is 5.87. The van der Waals surface area contributed by atoms with Gasteiger partial charge in [-0.05, 0) is 19.8 Å². The smallest absolute Gasteiger partial charge is 0.0466 e. The first-order chi connectivity index (χ1) is 19.8. The molecule has 0 aliphatic heterocycles. The van der Waals surface area contributed by atoms with Gasteiger partial charge in [0.2, 0.25) is 0 Å². The first-order valence-electron chi connectivity index (χ1n) is 19.0. The van der Waals surface area contributed by atoms with E-state index in [0.717, 1.165) is 13.2 Å². The minimum Gasteiger partial charge on any atom is -0.381 e. The summed E-state index contributed by atoms with van der Waals surface area (Å²) in [5.41, 5.74) is 0. The van der Waals surface area contributed by atoms with Crippen molar-refractivity contribution in [3.05, 3.63) is 12.7 Å². The summed E-state index contributed by atoms with van der Waals surface area (Å²) in [6.45, 7) is 11.9. The average Bonchev–Trinajstić information content (AvgIpc) is 2.96. The van der Waals surface area contributed by atoms with Crippen LogP contribution in [0.15, 0.2) is 12.7 Å².